The molecule has 0 fully saturated rings. The van der Waals surface area contributed by atoms with Gasteiger partial charge in [0.05, 0.1) is 17.0 Å². The molecule has 1 N–H and O–H groups in total. The summed E-state index contributed by atoms with van der Waals surface area (Å²) in [5.41, 5.74) is 1.43. The fourth-order valence-corrected chi connectivity index (χ4v) is 3.53. The highest BCUT2D eigenvalue weighted by Gasteiger charge is 2.18. The summed E-state index contributed by atoms with van der Waals surface area (Å²) in [6, 6.07) is 13.3. The van der Waals surface area contributed by atoms with Gasteiger partial charge in [-0.05, 0) is 24.3 Å². The van der Waals surface area contributed by atoms with Gasteiger partial charge in [0.15, 0.2) is 5.58 Å². The van der Waals surface area contributed by atoms with Crippen molar-refractivity contribution in [3.8, 4) is 11.5 Å². The van der Waals surface area contributed by atoms with E-state index < -0.39 is 15.8 Å². The van der Waals surface area contributed by atoms with Crippen molar-refractivity contribution in [2.45, 2.75) is 11.4 Å². The topological polar surface area (TPSA) is 120 Å². The Hall–Kier alpha value is -3.24. The highest BCUT2D eigenvalue weighted by atomic mass is 32.2. The number of sulfonamides is 1. The number of nitrogens with one attached hydrogen (secondary N) is 1. The van der Waals surface area contributed by atoms with Gasteiger partial charge in [0.2, 0.25) is 21.8 Å². The molecule has 0 radical (unpaired) electrons. The van der Waals surface area contributed by atoms with E-state index in [9.17, 15) is 13.2 Å². The zero-order valence-corrected chi connectivity index (χ0v) is 14.9. The number of fused-ring (bicyclic) bond motifs is 1. The number of nitrogens with zero attached hydrogens (tertiary/aromatic N) is 3. The molecule has 0 atom stereocenters. The lowest BCUT2D eigenvalue weighted by Crippen LogP contribution is -2.23. The highest BCUT2D eigenvalue weighted by Crippen LogP contribution is 2.19. The van der Waals surface area contributed by atoms with Gasteiger partial charge in [-0.15, -0.1) is 10.2 Å². The first-order valence-corrected chi connectivity index (χ1v) is 9.39. The molecule has 0 amide bonds. The van der Waals surface area contributed by atoms with Gasteiger partial charge in [-0.1, -0.05) is 18.2 Å². The van der Waals surface area contributed by atoms with Crippen LogP contribution in [0.5, 0.6) is 0 Å². The van der Waals surface area contributed by atoms with E-state index in [-0.39, 0.29) is 22.9 Å². The zero-order valence-electron chi connectivity index (χ0n) is 14.1. The highest BCUT2D eigenvalue weighted by molar-refractivity contribution is 7.89. The summed E-state index contributed by atoms with van der Waals surface area (Å²) < 4.78 is 39.2. The zero-order chi connectivity index (χ0) is 19.0. The molecular weight excluding hydrogens is 372 g/mol. The normalized spacial score (nSPS) is 11.9. The molecule has 2 aromatic heterocycles. The van der Waals surface area contributed by atoms with Crippen molar-refractivity contribution in [1.82, 2.24) is 19.5 Å². The Morgan fingerprint density at radius 3 is 2.63 bits per heavy atom. The number of oxazole rings is 1. The van der Waals surface area contributed by atoms with E-state index in [0.717, 1.165) is 5.56 Å². The summed E-state index contributed by atoms with van der Waals surface area (Å²) in [5, 5.41) is 7.76. The van der Waals surface area contributed by atoms with Crippen LogP contribution in [0.25, 0.3) is 22.6 Å². The van der Waals surface area contributed by atoms with E-state index in [1.165, 1.54) is 22.8 Å². The smallest absolute Gasteiger partial charge is 0.419 e. The Kier molecular flexibility index (Phi) is 4.13. The van der Waals surface area contributed by atoms with Crippen LogP contribution in [0.2, 0.25) is 0 Å². The maximum Gasteiger partial charge on any atom is 0.419 e. The number of hydrogen-bond donors (Lipinski definition) is 1. The average Bonchev–Trinajstić information content (AvgIpc) is 3.26. The van der Waals surface area contributed by atoms with Crippen LogP contribution < -0.4 is 10.5 Å². The second kappa shape index (κ2) is 6.49. The molecule has 0 aliphatic rings. The molecule has 4 rings (SSSR count). The number of rotatable bonds is 5. The van der Waals surface area contributed by atoms with E-state index in [2.05, 4.69) is 14.9 Å². The summed E-state index contributed by atoms with van der Waals surface area (Å²) in [4.78, 5) is 11.5. The van der Waals surface area contributed by atoms with Gasteiger partial charge in [-0.3, -0.25) is 4.57 Å². The fraction of sp³-hybridized carbons (Fsp3) is 0.118. The molecule has 0 saturated heterocycles. The van der Waals surface area contributed by atoms with Crippen LogP contribution in [0.3, 0.4) is 0 Å². The van der Waals surface area contributed by atoms with E-state index in [1.54, 1.807) is 7.05 Å². The SMILES string of the molecule is Cn1c(=O)oc2cc(S(=O)(=O)NCc3nnc(-c4ccccc4)o3)ccc21. The summed E-state index contributed by atoms with van der Waals surface area (Å²) in [7, 11) is -2.32. The number of benzene rings is 2. The molecule has 27 heavy (non-hydrogen) atoms. The standard InChI is InChI=1S/C17H14N4O5S/c1-21-13-8-7-12(9-14(13)25-17(21)22)27(23,24)18-10-15-19-20-16(26-15)11-5-3-2-4-6-11/h2-9,18H,10H2,1H3. The van der Waals surface area contributed by atoms with Crippen LogP contribution in [0, 0.1) is 0 Å². The van der Waals surface area contributed by atoms with Gasteiger partial charge in [-0.25, -0.2) is 17.9 Å². The molecule has 4 aromatic rings. The minimum Gasteiger partial charge on any atom is -0.419 e. The molecule has 0 spiro atoms. The monoisotopic (exact) mass is 386 g/mol. The summed E-state index contributed by atoms with van der Waals surface area (Å²) >= 11 is 0. The summed E-state index contributed by atoms with van der Waals surface area (Å²) in [6.45, 7) is -0.168. The van der Waals surface area contributed by atoms with Crippen LogP contribution in [-0.2, 0) is 23.6 Å². The molecule has 0 unspecified atom stereocenters. The molecule has 2 heterocycles. The Balaban J connectivity index is 1.54. The van der Waals surface area contributed by atoms with Crippen molar-refractivity contribution in [3.63, 3.8) is 0 Å². The maximum absolute atomic E-state index is 12.5. The van der Waals surface area contributed by atoms with Crippen LogP contribution >= 0.6 is 0 Å². The number of aryl methyl sites for hydroxylation is 1. The molecule has 0 aliphatic carbocycles. The fourth-order valence-electron chi connectivity index (χ4n) is 2.54. The van der Waals surface area contributed by atoms with Crippen LogP contribution in [0.1, 0.15) is 5.89 Å². The number of hydrogen-bond acceptors (Lipinski definition) is 7. The van der Waals surface area contributed by atoms with Gasteiger partial charge in [-0.2, -0.15) is 0 Å². The lowest BCUT2D eigenvalue weighted by molar-refractivity contribution is 0.494. The van der Waals surface area contributed by atoms with Crippen molar-refractivity contribution in [2.24, 2.45) is 7.05 Å². The molecular formula is C17H14N4O5S. The minimum absolute atomic E-state index is 0.0350. The maximum atomic E-state index is 12.5. The van der Waals surface area contributed by atoms with Crippen LogP contribution in [0.15, 0.2) is 67.1 Å². The lowest BCUT2D eigenvalue weighted by atomic mass is 10.2. The van der Waals surface area contributed by atoms with Crippen molar-refractivity contribution < 1.29 is 17.3 Å². The van der Waals surface area contributed by atoms with Crippen molar-refractivity contribution in [1.29, 1.82) is 0 Å². The third kappa shape index (κ3) is 3.27. The van der Waals surface area contributed by atoms with Gasteiger partial charge in [0.1, 0.15) is 0 Å². The van der Waals surface area contributed by atoms with Crippen LogP contribution in [0.4, 0.5) is 0 Å². The molecule has 138 valence electrons. The van der Waals surface area contributed by atoms with Gasteiger partial charge in [0, 0.05) is 18.7 Å². The predicted octanol–water partition coefficient (Wildman–Crippen LogP) is 1.66. The molecule has 9 nitrogen and oxygen atoms in total. The van der Waals surface area contributed by atoms with Gasteiger partial charge >= 0.3 is 5.76 Å². The Morgan fingerprint density at radius 2 is 1.85 bits per heavy atom. The molecule has 10 heteroatoms. The lowest BCUT2D eigenvalue weighted by Gasteiger charge is -2.04. The third-order valence-corrected chi connectivity index (χ3v) is 5.37. The second-order valence-corrected chi connectivity index (χ2v) is 7.52. The van der Waals surface area contributed by atoms with E-state index in [1.807, 2.05) is 30.3 Å². The van der Waals surface area contributed by atoms with Crippen LogP contribution in [-0.4, -0.2) is 23.2 Å². The minimum atomic E-state index is -3.86. The first kappa shape index (κ1) is 17.2. The van der Waals surface area contributed by atoms with Crippen molar-refractivity contribution in [3.05, 3.63) is 65.0 Å². The molecule has 2 aromatic carbocycles. The third-order valence-electron chi connectivity index (χ3n) is 3.98. The summed E-state index contributed by atoms with van der Waals surface area (Å²) in [5.74, 6) is -0.131. The quantitative estimate of drug-likeness (QED) is 0.554. The largest absolute Gasteiger partial charge is 0.419 e. The van der Waals surface area contributed by atoms with Gasteiger partial charge < -0.3 is 8.83 Å². The first-order chi connectivity index (χ1) is 12.9. The second-order valence-electron chi connectivity index (χ2n) is 5.75. The molecule has 0 bridgehead atoms. The molecule has 0 saturated carbocycles. The Morgan fingerprint density at radius 1 is 1.07 bits per heavy atom. The first-order valence-electron chi connectivity index (χ1n) is 7.91. The Labute approximate surface area is 153 Å². The van der Waals surface area contributed by atoms with Crippen molar-refractivity contribution >= 4 is 21.1 Å². The Bertz CT molecular complexity index is 1270. The van der Waals surface area contributed by atoms with Gasteiger partial charge in [0.25, 0.3) is 0 Å². The molecule has 0 aliphatic heterocycles. The van der Waals surface area contributed by atoms with E-state index in [0.29, 0.717) is 11.4 Å². The van der Waals surface area contributed by atoms with E-state index >= 15 is 0 Å². The summed E-state index contributed by atoms with van der Waals surface area (Å²) in [6.07, 6.45) is 0. The predicted molar refractivity (Wildman–Crippen MR) is 95.2 cm³/mol. The average molecular weight is 386 g/mol. The van der Waals surface area contributed by atoms with Crippen molar-refractivity contribution in [2.75, 3.05) is 0 Å². The number of aromatic nitrogens is 3. The van der Waals surface area contributed by atoms with E-state index in [4.69, 9.17) is 8.83 Å².